The van der Waals surface area contributed by atoms with Crippen molar-refractivity contribution in [1.82, 2.24) is 14.6 Å². The molecule has 3 aromatic rings. The lowest BCUT2D eigenvalue weighted by Gasteiger charge is -2.35. The molecule has 1 aliphatic heterocycles. The molecule has 3 heterocycles. The summed E-state index contributed by atoms with van der Waals surface area (Å²) in [6, 6.07) is 8.36. The van der Waals surface area contributed by atoms with Crippen molar-refractivity contribution in [3.8, 4) is 11.3 Å². The van der Waals surface area contributed by atoms with E-state index in [9.17, 15) is 9.18 Å². The molecule has 1 aromatic carbocycles. The van der Waals surface area contributed by atoms with Gasteiger partial charge < -0.3 is 9.64 Å². The van der Waals surface area contributed by atoms with Gasteiger partial charge in [-0.3, -0.25) is 4.79 Å². The third-order valence-electron chi connectivity index (χ3n) is 6.33. The van der Waals surface area contributed by atoms with E-state index in [1.807, 2.05) is 17.5 Å². The van der Waals surface area contributed by atoms with Gasteiger partial charge in [-0.25, -0.2) is 9.37 Å². The first kappa shape index (κ1) is 20.0. The van der Waals surface area contributed by atoms with Crippen molar-refractivity contribution in [1.29, 1.82) is 0 Å². The molecule has 1 saturated heterocycles. The number of esters is 1. The number of halogens is 1. The summed E-state index contributed by atoms with van der Waals surface area (Å²) in [6.07, 6.45) is 6.00. The van der Waals surface area contributed by atoms with Crippen molar-refractivity contribution in [2.45, 2.75) is 45.4 Å². The average molecular weight is 423 g/mol. The first-order chi connectivity index (χ1) is 15.1. The highest BCUT2D eigenvalue weighted by Crippen LogP contribution is 2.34. The number of nitrogens with zero attached hydrogens (tertiary/aromatic N) is 4. The molecule has 7 heteroatoms. The summed E-state index contributed by atoms with van der Waals surface area (Å²) in [6.45, 7) is 3.77. The number of piperidine rings is 1. The molecule has 1 fully saturated rings. The highest BCUT2D eigenvalue weighted by molar-refractivity contribution is 5.74. The molecule has 0 N–H and O–H groups in total. The Bertz CT molecular complexity index is 1110. The minimum absolute atomic E-state index is 0.112. The van der Waals surface area contributed by atoms with Gasteiger partial charge in [0.1, 0.15) is 11.6 Å². The van der Waals surface area contributed by atoms with E-state index in [-0.39, 0.29) is 17.7 Å². The van der Waals surface area contributed by atoms with E-state index >= 15 is 0 Å². The van der Waals surface area contributed by atoms with Crippen LogP contribution in [0.25, 0.3) is 16.9 Å². The van der Waals surface area contributed by atoms with Crippen LogP contribution in [0.2, 0.25) is 0 Å². The van der Waals surface area contributed by atoms with E-state index in [0.29, 0.717) is 13.2 Å². The third kappa shape index (κ3) is 3.77. The van der Waals surface area contributed by atoms with Crippen LogP contribution in [-0.4, -0.2) is 40.3 Å². The molecular formula is C24H27FN4O2. The standard InChI is InChI=1S/C24H27FN4O2/c1-2-31-24(30)17-6-5-13-28(15-17)23-19-7-3-4-8-20(19)26-22-14-21(27-29(22)23)16-9-11-18(25)12-10-16/h9-12,14,17H,2-8,13,15H2,1H3/t17-/m0/s1. The number of aryl methyl sites for hydroxylation is 1. The van der Waals surface area contributed by atoms with E-state index < -0.39 is 0 Å². The average Bonchev–Trinajstić information content (AvgIpc) is 3.21. The number of carbonyl (C=O) groups is 1. The predicted octanol–water partition coefficient (Wildman–Crippen LogP) is 4.19. The Labute approximate surface area is 181 Å². The molecule has 0 radical (unpaired) electrons. The van der Waals surface area contributed by atoms with E-state index in [2.05, 4.69) is 4.90 Å². The second-order valence-electron chi connectivity index (χ2n) is 8.41. The zero-order valence-corrected chi connectivity index (χ0v) is 17.8. The number of ether oxygens (including phenoxy) is 1. The lowest BCUT2D eigenvalue weighted by molar-refractivity contribution is -0.148. The zero-order valence-electron chi connectivity index (χ0n) is 17.8. The molecular weight excluding hydrogens is 395 g/mol. The Balaban J connectivity index is 1.60. The molecule has 31 heavy (non-hydrogen) atoms. The first-order valence-electron chi connectivity index (χ1n) is 11.2. The maximum absolute atomic E-state index is 13.4. The van der Waals surface area contributed by atoms with Crippen LogP contribution in [0.5, 0.6) is 0 Å². The molecule has 2 aromatic heterocycles. The fraction of sp³-hybridized carbons (Fsp3) is 0.458. The Morgan fingerprint density at radius 2 is 2.00 bits per heavy atom. The largest absolute Gasteiger partial charge is 0.466 e. The van der Waals surface area contributed by atoms with E-state index in [1.54, 1.807) is 12.1 Å². The van der Waals surface area contributed by atoms with Gasteiger partial charge in [0.25, 0.3) is 0 Å². The number of aromatic nitrogens is 3. The Kier molecular flexibility index (Phi) is 5.34. The normalized spacial score (nSPS) is 18.8. The van der Waals surface area contributed by atoms with Gasteiger partial charge in [-0.15, -0.1) is 0 Å². The highest BCUT2D eigenvalue weighted by Gasteiger charge is 2.31. The molecule has 1 aliphatic carbocycles. The highest BCUT2D eigenvalue weighted by atomic mass is 19.1. The van der Waals surface area contributed by atoms with Gasteiger partial charge in [0.15, 0.2) is 5.65 Å². The Morgan fingerprint density at radius 3 is 2.81 bits per heavy atom. The zero-order chi connectivity index (χ0) is 21.4. The van der Waals surface area contributed by atoms with Gasteiger partial charge >= 0.3 is 5.97 Å². The molecule has 1 atom stereocenters. The molecule has 0 saturated carbocycles. The van der Waals surface area contributed by atoms with Gasteiger partial charge in [-0.2, -0.15) is 9.61 Å². The number of benzene rings is 1. The molecule has 0 amide bonds. The predicted molar refractivity (Wildman–Crippen MR) is 117 cm³/mol. The molecule has 0 unspecified atom stereocenters. The lowest BCUT2D eigenvalue weighted by Crippen LogP contribution is -2.41. The number of rotatable bonds is 4. The SMILES string of the molecule is CCOC(=O)[C@H]1CCCN(c2c3c(nc4cc(-c5ccc(F)cc5)nn24)CCCC3)C1. The van der Waals surface area contributed by atoms with Crippen LogP contribution in [0.1, 0.15) is 43.9 Å². The van der Waals surface area contributed by atoms with Crippen molar-refractivity contribution in [3.63, 3.8) is 0 Å². The van der Waals surface area contributed by atoms with Crippen molar-refractivity contribution in [3.05, 3.63) is 47.4 Å². The minimum Gasteiger partial charge on any atom is -0.466 e. The summed E-state index contributed by atoms with van der Waals surface area (Å²) in [7, 11) is 0. The molecule has 6 nitrogen and oxygen atoms in total. The molecule has 5 rings (SSSR count). The number of anilines is 1. The van der Waals surface area contributed by atoms with Gasteiger partial charge in [-0.05, 0) is 69.7 Å². The summed E-state index contributed by atoms with van der Waals surface area (Å²) in [5.74, 6) is 0.560. The second-order valence-corrected chi connectivity index (χ2v) is 8.41. The van der Waals surface area contributed by atoms with Crippen molar-refractivity contribution < 1.29 is 13.9 Å². The second kappa shape index (κ2) is 8.29. The molecule has 0 bridgehead atoms. The van der Waals surface area contributed by atoms with Crippen molar-refractivity contribution in [2.75, 3.05) is 24.6 Å². The van der Waals surface area contributed by atoms with Gasteiger partial charge in [0.05, 0.1) is 18.2 Å². The summed E-state index contributed by atoms with van der Waals surface area (Å²) >= 11 is 0. The summed E-state index contributed by atoms with van der Waals surface area (Å²) in [5.41, 5.74) is 4.82. The number of hydrogen-bond donors (Lipinski definition) is 0. The Hall–Kier alpha value is -2.96. The fourth-order valence-corrected chi connectivity index (χ4v) is 4.84. The van der Waals surface area contributed by atoms with Crippen LogP contribution >= 0.6 is 0 Å². The monoisotopic (exact) mass is 422 g/mol. The van der Waals surface area contributed by atoms with E-state index in [0.717, 1.165) is 73.5 Å². The number of fused-ring (bicyclic) bond motifs is 2. The number of carbonyl (C=O) groups excluding carboxylic acids is 1. The quantitative estimate of drug-likeness (QED) is 0.590. The van der Waals surface area contributed by atoms with E-state index in [4.69, 9.17) is 14.8 Å². The first-order valence-corrected chi connectivity index (χ1v) is 11.2. The maximum Gasteiger partial charge on any atom is 0.310 e. The van der Waals surface area contributed by atoms with Gasteiger partial charge in [-0.1, -0.05) is 0 Å². The fourth-order valence-electron chi connectivity index (χ4n) is 4.84. The minimum atomic E-state index is -0.264. The third-order valence-corrected chi connectivity index (χ3v) is 6.33. The summed E-state index contributed by atoms with van der Waals surface area (Å²) in [5, 5.41) is 4.88. The van der Waals surface area contributed by atoms with Crippen LogP contribution in [0.3, 0.4) is 0 Å². The topological polar surface area (TPSA) is 59.7 Å². The lowest BCUT2D eigenvalue weighted by atomic mass is 9.94. The van der Waals surface area contributed by atoms with Crippen LogP contribution in [0.15, 0.2) is 30.3 Å². The molecule has 0 spiro atoms. The Morgan fingerprint density at radius 1 is 1.19 bits per heavy atom. The van der Waals surface area contributed by atoms with Crippen LogP contribution in [0.4, 0.5) is 10.2 Å². The van der Waals surface area contributed by atoms with Crippen LogP contribution < -0.4 is 4.90 Å². The smallest absolute Gasteiger partial charge is 0.310 e. The number of hydrogen-bond acceptors (Lipinski definition) is 5. The maximum atomic E-state index is 13.4. The van der Waals surface area contributed by atoms with Crippen LogP contribution in [-0.2, 0) is 22.4 Å². The summed E-state index contributed by atoms with van der Waals surface area (Å²) in [4.78, 5) is 19.7. The van der Waals surface area contributed by atoms with Gasteiger partial charge in [0.2, 0.25) is 0 Å². The molecule has 162 valence electrons. The van der Waals surface area contributed by atoms with Crippen LogP contribution in [0, 0.1) is 11.7 Å². The van der Waals surface area contributed by atoms with Crippen molar-refractivity contribution in [2.24, 2.45) is 5.92 Å². The summed E-state index contributed by atoms with van der Waals surface area (Å²) < 4.78 is 20.6. The van der Waals surface area contributed by atoms with Gasteiger partial charge in [0, 0.05) is 36.0 Å². The van der Waals surface area contributed by atoms with Crippen molar-refractivity contribution >= 4 is 17.4 Å². The van der Waals surface area contributed by atoms with E-state index in [1.165, 1.54) is 17.7 Å². The molecule has 2 aliphatic rings.